The van der Waals surface area contributed by atoms with Crippen molar-refractivity contribution in [2.45, 2.75) is 84.3 Å². The zero-order chi connectivity index (χ0) is 33.0. The molecule has 11 nitrogen and oxygen atoms in total. The molecule has 0 radical (unpaired) electrons. The minimum Gasteiger partial charge on any atom is -0.490 e. The van der Waals surface area contributed by atoms with Gasteiger partial charge in [-0.1, -0.05) is 32.0 Å². The molecule has 46 heavy (non-hydrogen) atoms. The lowest BCUT2D eigenvalue weighted by atomic mass is 9.84. The van der Waals surface area contributed by atoms with Crippen LogP contribution in [-0.2, 0) is 4.74 Å². The Balaban J connectivity index is 1.13. The first kappa shape index (κ1) is 33.3. The van der Waals surface area contributed by atoms with Gasteiger partial charge in [0.2, 0.25) is 5.95 Å². The van der Waals surface area contributed by atoms with Crippen LogP contribution >= 0.6 is 0 Å². The van der Waals surface area contributed by atoms with Crippen LogP contribution in [0.3, 0.4) is 0 Å². The molecule has 0 bridgehead atoms. The normalized spacial score (nSPS) is 19.8. The van der Waals surface area contributed by atoms with Crippen LogP contribution in [0.1, 0.15) is 84.0 Å². The second kappa shape index (κ2) is 14.2. The van der Waals surface area contributed by atoms with Crippen molar-refractivity contribution in [3.8, 4) is 5.75 Å². The number of aromatic nitrogens is 4. The Morgan fingerprint density at radius 3 is 2.43 bits per heavy atom. The summed E-state index contributed by atoms with van der Waals surface area (Å²) in [7, 11) is 0. The molecule has 2 aliphatic heterocycles. The number of benzene rings is 1. The average Bonchev–Trinajstić information content (AvgIpc) is 3.65. The van der Waals surface area contributed by atoms with Crippen LogP contribution in [-0.4, -0.2) is 70.6 Å². The van der Waals surface area contributed by atoms with Gasteiger partial charge in [-0.2, -0.15) is 4.98 Å². The van der Waals surface area contributed by atoms with Gasteiger partial charge in [-0.25, -0.2) is 23.5 Å². The fraction of sp³-hybridized carbons (Fsp3) is 0.606. The number of rotatable bonds is 10. The van der Waals surface area contributed by atoms with E-state index in [2.05, 4.69) is 51.1 Å². The predicted molar refractivity (Wildman–Crippen MR) is 169 cm³/mol. The van der Waals surface area contributed by atoms with Crippen molar-refractivity contribution in [1.82, 2.24) is 25.4 Å². The summed E-state index contributed by atoms with van der Waals surface area (Å²) in [5.41, 5.74) is -0.388. The third kappa shape index (κ3) is 8.41. The lowest BCUT2D eigenvalue weighted by Gasteiger charge is -2.33. The highest BCUT2D eigenvalue weighted by molar-refractivity contribution is 5.68. The van der Waals surface area contributed by atoms with Crippen LogP contribution in [0, 0.1) is 23.5 Å². The van der Waals surface area contributed by atoms with E-state index >= 15 is 0 Å². The molecule has 0 spiro atoms. The molecule has 5 rings (SSSR count). The Morgan fingerprint density at radius 2 is 1.80 bits per heavy atom. The number of alkyl carbamates (subject to hydrolysis) is 1. The van der Waals surface area contributed by atoms with Gasteiger partial charge in [0.25, 0.3) is 0 Å². The topological polar surface area (TPSA) is 119 Å². The second-order valence-electron chi connectivity index (χ2n) is 13.7. The van der Waals surface area contributed by atoms with Crippen LogP contribution in [0.2, 0.25) is 0 Å². The quantitative estimate of drug-likeness (QED) is 0.279. The van der Waals surface area contributed by atoms with E-state index in [0.717, 1.165) is 44.2 Å². The first-order chi connectivity index (χ1) is 21.9. The van der Waals surface area contributed by atoms with Crippen molar-refractivity contribution in [1.29, 1.82) is 0 Å². The molecule has 13 heteroatoms. The molecule has 0 unspecified atom stereocenters. The predicted octanol–water partition coefficient (Wildman–Crippen LogP) is 6.08. The lowest BCUT2D eigenvalue weighted by molar-refractivity contribution is 0.0504. The highest BCUT2D eigenvalue weighted by Gasteiger charge is 2.38. The van der Waals surface area contributed by atoms with E-state index < -0.39 is 35.3 Å². The van der Waals surface area contributed by atoms with E-state index in [1.165, 1.54) is 12.1 Å². The van der Waals surface area contributed by atoms with Crippen LogP contribution in [0.4, 0.5) is 25.5 Å². The standard InChI is InChI=1S/C33H45F2N7O4/c1-20(2)29-39-31(46-40-29)41-12-9-22(10-13-41)21(3)11-14-44-24-16-36-30(37-17-24)42-18-26(25-8-7-23(34)15-27(25)35)28(19-42)38-32(43)45-33(4,5)6/h7-8,15-17,20-22,26,28H,9-14,18-19H2,1-6H3,(H,38,43)/t21-,26+,28-/m1/s1. The molecule has 1 N–H and O–H groups in total. The molecule has 1 aromatic carbocycles. The van der Waals surface area contributed by atoms with Gasteiger partial charge in [-0.05, 0) is 63.5 Å². The number of nitrogens with one attached hydrogen (secondary N) is 1. The third-order valence-electron chi connectivity index (χ3n) is 8.69. The number of halogens is 2. The number of hydrogen-bond acceptors (Lipinski definition) is 10. The van der Waals surface area contributed by atoms with Gasteiger partial charge in [-0.3, -0.25) is 0 Å². The molecule has 2 fully saturated rings. The highest BCUT2D eigenvalue weighted by atomic mass is 19.1. The molecule has 3 aromatic rings. The van der Waals surface area contributed by atoms with E-state index in [4.69, 9.17) is 14.0 Å². The molecular formula is C33H45F2N7O4. The molecule has 250 valence electrons. The third-order valence-corrected chi connectivity index (χ3v) is 8.69. The van der Waals surface area contributed by atoms with Crippen molar-refractivity contribution in [3.05, 3.63) is 53.6 Å². The summed E-state index contributed by atoms with van der Waals surface area (Å²) in [5, 5.41) is 6.95. The smallest absolute Gasteiger partial charge is 0.407 e. The van der Waals surface area contributed by atoms with Gasteiger partial charge in [-0.15, -0.1) is 0 Å². The summed E-state index contributed by atoms with van der Waals surface area (Å²) < 4.78 is 45.4. The summed E-state index contributed by atoms with van der Waals surface area (Å²) in [6.07, 6.45) is 5.66. The molecule has 0 saturated carbocycles. The Morgan fingerprint density at radius 1 is 1.09 bits per heavy atom. The summed E-state index contributed by atoms with van der Waals surface area (Å²) in [6.45, 7) is 14.7. The number of carbonyl (C=O) groups is 1. The number of nitrogens with zero attached hydrogens (tertiary/aromatic N) is 6. The first-order valence-corrected chi connectivity index (χ1v) is 16.1. The Hall–Kier alpha value is -4.03. The monoisotopic (exact) mass is 641 g/mol. The number of ether oxygens (including phenoxy) is 2. The minimum atomic E-state index is -0.693. The summed E-state index contributed by atoms with van der Waals surface area (Å²) >= 11 is 0. The van der Waals surface area contributed by atoms with Crippen LogP contribution in [0.5, 0.6) is 5.75 Å². The van der Waals surface area contributed by atoms with E-state index in [0.29, 0.717) is 54.8 Å². The van der Waals surface area contributed by atoms with Gasteiger partial charge in [0.15, 0.2) is 11.6 Å². The van der Waals surface area contributed by atoms with Crippen LogP contribution < -0.4 is 19.9 Å². The largest absolute Gasteiger partial charge is 0.490 e. The van der Waals surface area contributed by atoms with Gasteiger partial charge in [0.05, 0.1) is 25.0 Å². The van der Waals surface area contributed by atoms with E-state index in [1.54, 1.807) is 33.2 Å². The maximum Gasteiger partial charge on any atom is 0.407 e. The SMILES string of the molecule is CC(C)c1noc(N2CCC([C@H](C)CCOc3cnc(N4C[C@@H](NC(=O)OC(C)(C)C)[C@H](c5ccc(F)cc5F)C4)nc3)CC2)n1. The van der Waals surface area contributed by atoms with Crippen molar-refractivity contribution >= 4 is 18.1 Å². The fourth-order valence-electron chi connectivity index (χ4n) is 6.08. The number of piperidine rings is 1. The molecule has 2 aliphatic rings. The van der Waals surface area contributed by atoms with E-state index in [1.807, 2.05) is 4.90 Å². The van der Waals surface area contributed by atoms with E-state index in [9.17, 15) is 13.6 Å². The average molecular weight is 642 g/mol. The van der Waals surface area contributed by atoms with Crippen LogP contribution in [0.15, 0.2) is 35.1 Å². The maximum absolute atomic E-state index is 14.8. The Labute approximate surface area is 269 Å². The molecule has 1 amide bonds. The molecular weight excluding hydrogens is 596 g/mol. The number of amides is 1. The fourth-order valence-corrected chi connectivity index (χ4v) is 6.08. The van der Waals surface area contributed by atoms with Crippen LogP contribution in [0.25, 0.3) is 0 Å². The second-order valence-corrected chi connectivity index (χ2v) is 13.7. The number of anilines is 2. The zero-order valence-corrected chi connectivity index (χ0v) is 27.5. The highest BCUT2D eigenvalue weighted by Crippen LogP contribution is 2.33. The number of hydrogen-bond donors (Lipinski definition) is 1. The van der Waals surface area contributed by atoms with Crippen molar-refractivity contribution in [3.63, 3.8) is 0 Å². The van der Waals surface area contributed by atoms with Gasteiger partial charge >= 0.3 is 12.1 Å². The number of carbonyl (C=O) groups excluding carboxylic acids is 1. The first-order valence-electron chi connectivity index (χ1n) is 16.1. The van der Waals surface area contributed by atoms with Crippen molar-refractivity contribution in [2.24, 2.45) is 11.8 Å². The lowest BCUT2D eigenvalue weighted by Crippen LogP contribution is -2.43. The van der Waals surface area contributed by atoms with Gasteiger partial charge in [0.1, 0.15) is 17.2 Å². The summed E-state index contributed by atoms with van der Waals surface area (Å²) in [4.78, 5) is 30.2. The minimum absolute atomic E-state index is 0.239. The summed E-state index contributed by atoms with van der Waals surface area (Å²) in [5.74, 6) is 1.24. The maximum atomic E-state index is 14.8. The van der Waals surface area contributed by atoms with Crippen molar-refractivity contribution < 1.29 is 27.6 Å². The van der Waals surface area contributed by atoms with Crippen molar-refractivity contribution in [2.75, 3.05) is 42.6 Å². The molecule has 4 heterocycles. The molecule has 3 atom stereocenters. The summed E-state index contributed by atoms with van der Waals surface area (Å²) in [6, 6.07) is 3.60. The Bertz CT molecular complexity index is 1450. The van der Waals surface area contributed by atoms with E-state index in [-0.39, 0.29) is 5.92 Å². The molecule has 2 saturated heterocycles. The Kier molecular flexibility index (Phi) is 10.3. The molecule has 0 aliphatic carbocycles. The molecule has 2 aromatic heterocycles. The van der Waals surface area contributed by atoms with Gasteiger partial charge < -0.3 is 29.1 Å². The van der Waals surface area contributed by atoms with Gasteiger partial charge in [0, 0.05) is 44.1 Å². The zero-order valence-electron chi connectivity index (χ0n) is 27.5.